The van der Waals surface area contributed by atoms with Crippen LogP contribution in [0.4, 0.5) is 5.69 Å². The van der Waals surface area contributed by atoms with Crippen LogP contribution < -0.4 is 10.1 Å². The van der Waals surface area contributed by atoms with Crippen LogP contribution in [0.5, 0.6) is 5.75 Å². The fourth-order valence-electron chi connectivity index (χ4n) is 2.64. The van der Waals surface area contributed by atoms with Crippen molar-refractivity contribution in [3.8, 4) is 5.75 Å². The summed E-state index contributed by atoms with van der Waals surface area (Å²) in [5.41, 5.74) is 2.03. The highest BCUT2D eigenvalue weighted by atomic mass is 16.5. The zero-order valence-corrected chi connectivity index (χ0v) is 15.8. The summed E-state index contributed by atoms with van der Waals surface area (Å²) in [6.07, 6.45) is -0.687. The molecular formula is C21H26N2O3. The Hall–Kier alpha value is -2.82. The molecule has 0 saturated carbocycles. The Bertz CT molecular complexity index is 769. The van der Waals surface area contributed by atoms with Crippen molar-refractivity contribution in [3.05, 3.63) is 59.7 Å². The van der Waals surface area contributed by atoms with E-state index in [4.69, 9.17) is 4.74 Å². The summed E-state index contributed by atoms with van der Waals surface area (Å²) in [7, 11) is 0. The van der Waals surface area contributed by atoms with E-state index in [-0.39, 0.29) is 11.8 Å². The third-order valence-corrected chi connectivity index (χ3v) is 4.14. The number of carbonyl (C=O) groups is 2. The lowest BCUT2D eigenvalue weighted by molar-refractivity contribution is -0.122. The fraction of sp³-hybridized carbons (Fsp3) is 0.333. The van der Waals surface area contributed by atoms with Crippen LogP contribution in [0.1, 0.15) is 36.7 Å². The lowest BCUT2D eigenvalue weighted by atomic mass is 10.1. The lowest BCUT2D eigenvalue weighted by Crippen LogP contribution is -2.33. The summed E-state index contributed by atoms with van der Waals surface area (Å²) in [6, 6.07) is 14.6. The van der Waals surface area contributed by atoms with Gasteiger partial charge in [-0.2, -0.15) is 0 Å². The van der Waals surface area contributed by atoms with Crippen LogP contribution in [0, 0.1) is 6.92 Å². The van der Waals surface area contributed by atoms with Crippen LogP contribution in [0.15, 0.2) is 48.5 Å². The molecule has 0 aliphatic carbocycles. The van der Waals surface area contributed by atoms with E-state index in [1.165, 1.54) is 0 Å². The number of hydrogen-bond donors (Lipinski definition) is 1. The lowest BCUT2D eigenvalue weighted by Gasteiger charge is -2.21. The van der Waals surface area contributed by atoms with Crippen molar-refractivity contribution in [2.45, 2.75) is 33.8 Å². The van der Waals surface area contributed by atoms with E-state index in [9.17, 15) is 9.59 Å². The largest absolute Gasteiger partial charge is 0.481 e. The molecule has 1 unspecified atom stereocenters. The van der Waals surface area contributed by atoms with Crippen molar-refractivity contribution < 1.29 is 14.3 Å². The number of nitrogens with one attached hydrogen (secondary N) is 1. The Kier molecular flexibility index (Phi) is 6.78. The highest BCUT2D eigenvalue weighted by molar-refractivity contribution is 6.04. The number of amides is 2. The third-order valence-electron chi connectivity index (χ3n) is 4.14. The quantitative estimate of drug-likeness (QED) is 0.821. The highest BCUT2D eigenvalue weighted by Crippen LogP contribution is 2.19. The number of rotatable bonds is 7. The van der Waals surface area contributed by atoms with Crippen LogP contribution in [-0.2, 0) is 4.79 Å². The first kappa shape index (κ1) is 19.5. The van der Waals surface area contributed by atoms with E-state index >= 15 is 0 Å². The molecule has 0 aromatic heterocycles. The van der Waals surface area contributed by atoms with Crippen molar-refractivity contribution in [2.75, 3.05) is 18.4 Å². The molecule has 0 saturated heterocycles. The fourth-order valence-corrected chi connectivity index (χ4v) is 2.64. The number of hydrogen-bond acceptors (Lipinski definition) is 3. The SMILES string of the molecule is CCN(CC)C(=O)c1ccccc1NC(=O)C(C)Oc1cccc(C)c1. The van der Waals surface area contributed by atoms with Crippen LogP contribution in [0.2, 0.25) is 0 Å². The molecule has 1 N–H and O–H groups in total. The van der Waals surface area contributed by atoms with Gasteiger partial charge in [0.05, 0.1) is 11.3 Å². The molecule has 0 spiro atoms. The van der Waals surface area contributed by atoms with Gasteiger partial charge in [-0.3, -0.25) is 9.59 Å². The molecule has 2 aromatic carbocycles. The Morgan fingerprint density at radius 1 is 1.08 bits per heavy atom. The number of carbonyl (C=O) groups excluding carboxylic acids is 2. The average molecular weight is 354 g/mol. The predicted octanol–water partition coefficient (Wildman–Crippen LogP) is 3.88. The average Bonchev–Trinajstić information content (AvgIpc) is 2.63. The van der Waals surface area contributed by atoms with E-state index in [0.717, 1.165) is 5.56 Å². The molecule has 26 heavy (non-hydrogen) atoms. The van der Waals surface area contributed by atoms with Gasteiger partial charge in [-0.15, -0.1) is 0 Å². The van der Waals surface area contributed by atoms with E-state index in [2.05, 4.69) is 5.32 Å². The van der Waals surface area contributed by atoms with E-state index in [1.807, 2.05) is 45.0 Å². The molecule has 1 atom stereocenters. The van der Waals surface area contributed by atoms with Gasteiger partial charge in [-0.1, -0.05) is 24.3 Å². The van der Waals surface area contributed by atoms with Gasteiger partial charge in [0.25, 0.3) is 11.8 Å². The minimum atomic E-state index is -0.687. The number of nitrogens with zero attached hydrogens (tertiary/aromatic N) is 1. The molecule has 5 nitrogen and oxygen atoms in total. The van der Waals surface area contributed by atoms with Crippen molar-refractivity contribution in [1.82, 2.24) is 4.90 Å². The van der Waals surface area contributed by atoms with Gasteiger partial charge in [0.1, 0.15) is 5.75 Å². The van der Waals surface area contributed by atoms with Gasteiger partial charge >= 0.3 is 0 Å². The second-order valence-corrected chi connectivity index (χ2v) is 6.09. The smallest absolute Gasteiger partial charge is 0.265 e. The molecule has 2 rings (SSSR count). The van der Waals surface area contributed by atoms with E-state index < -0.39 is 6.10 Å². The molecule has 5 heteroatoms. The zero-order chi connectivity index (χ0) is 19.1. The monoisotopic (exact) mass is 354 g/mol. The molecule has 0 radical (unpaired) electrons. The van der Waals surface area contributed by atoms with Gasteiger partial charge in [-0.05, 0) is 57.5 Å². The molecule has 0 bridgehead atoms. The molecule has 0 aliphatic rings. The highest BCUT2D eigenvalue weighted by Gasteiger charge is 2.20. The maximum atomic E-state index is 12.7. The number of aryl methyl sites for hydroxylation is 1. The summed E-state index contributed by atoms with van der Waals surface area (Å²) >= 11 is 0. The van der Waals surface area contributed by atoms with Crippen molar-refractivity contribution >= 4 is 17.5 Å². The zero-order valence-electron chi connectivity index (χ0n) is 15.8. The van der Waals surface area contributed by atoms with Crippen LogP contribution in [-0.4, -0.2) is 35.9 Å². The van der Waals surface area contributed by atoms with Gasteiger partial charge in [0, 0.05) is 13.1 Å². The molecule has 2 amide bonds. The van der Waals surface area contributed by atoms with Crippen molar-refractivity contribution in [1.29, 1.82) is 0 Å². The molecular weight excluding hydrogens is 328 g/mol. The number of benzene rings is 2. The van der Waals surface area contributed by atoms with Crippen molar-refractivity contribution in [3.63, 3.8) is 0 Å². The van der Waals surface area contributed by atoms with Gasteiger partial charge in [0.2, 0.25) is 0 Å². The maximum Gasteiger partial charge on any atom is 0.265 e. The first-order chi connectivity index (χ1) is 12.5. The Morgan fingerprint density at radius 2 is 1.77 bits per heavy atom. The second kappa shape index (κ2) is 9.04. The Balaban J connectivity index is 2.12. The van der Waals surface area contributed by atoms with E-state index in [0.29, 0.717) is 30.1 Å². The summed E-state index contributed by atoms with van der Waals surface area (Å²) in [4.78, 5) is 26.9. The third kappa shape index (κ3) is 4.85. The molecule has 138 valence electrons. The van der Waals surface area contributed by atoms with Crippen LogP contribution in [0.3, 0.4) is 0 Å². The number of para-hydroxylation sites is 1. The van der Waals surface area contributed by atoms with E-state index in [1.54, 1.807) is 36.1 Å². The summed E-state index contributed by atoms with van der Waals surface area (Å²) in [5, 5.41) is 2.82. The summed E-state index contributed by atoms with van der Waals surface area (Å²) in [6.45, 7) is 8.74. The normalized spacial score (nSPS) is 11.5. The van der Waals surface area contributed by atoms with Gasteiger partial charge in [0.15, 0.2) is 6.10 Å². The molecule has 0 fully saturated rings. The molecule has 2 aromatic rings. The summed E-state index contributed by atoms with van der Waals surface area (Å²) < 4.78 is 5.71. The molecule has 0 aliphatic heterocycles. The van der Waals surface area contributed by atoms with Gasteiger partial charge in [-0.25, -0.2) is 0 Å². The minimum Gasteiger partial charge on any atom is -0.481 e. The Morgan fingerprint density at radius 3 is 2.42 bits per heavy atom. The summed E-state index contributed by atoms with van der Waals surface area (Å²) in [5.74, 6) is 0.240. The van der Waals surface area contributed by atoms with Crippen LogP contribution in [0.25, 0.3) is 0 Å². The topological polar surface area (TPSA) is 58.6 Å². The predicted molar refractivity (Wildman–Crippen MR) is 104 cm³/mol. The standard InChI is InChI=1S/C21H26N2O3/c1-5-23(6-2)21(25)18-12-7-8-13-19(18)22-20(24)16(4)26-17-11-9-10-15(3)14-17/h7-14,16H,5-6H2,1-4H3,(H,22,24). The first-order valence-electron chi connectivity index (χ1n) is 8.88. The van der Waals surface area contributed by atoms with Crippen LogP contribution >= 0.6 is 0 Å². The maximum absolute atomic E-state index is 12.7. The number of anilines is 1. The second-order valence-electron chi connectivity index (χ2n) is 6.09. The number of ether oxygens (including phenoxy) is 1. The minimum absolute atomic E-state index is 0.0989. The Labute approximate surface area is 155 Å². The first-order valence-corrected chi connectivity index (χ1v) is 8.88. The van der Waals surface area contributed by atoms with Gasteiger partial charge < -0.3 is 15.0 Å². The molecule has 0 heterocycles. The van der Waals surface area contributed by atoms with Crippen molar-refractivity contribution in [2.24, 2.45) is 0 Å².